The average molecular weight is 166 g/mol. The Morgan fingerprint density at radius 2 is 1.73 bits per heavy atom. The Kier molecular flexibility index (Phi) is 4.56. The summed E-state index contributed by atoms with van der Waals surface area (Å²) in [5.74, 6) is 0. The molecule has 1 rings (SSSR count). The fraction of sp³-hybridized carbons (Fsp3) is 1.00. The van der Waals surface area contributed by atoms with Crippen molar-refractivity contribution in [2.45, 2.75) is 45.4 Å². The van der Waals surface area contributed by atoms with Crippen LogP contribution in [0.5, 0.6) is 0 Å². The Labute approximate surface area is 65.8 Å². The van der Waals surface area contributed by atoms with Gasteiger partial charge in [0.05, 0.1) is 6.10 Å². The van der Waals surface area contributed by atoms with E-state index in [1.165, 1.54) is 6.92 Å². The van der Waals surface area contributed by atoms with E-state index in [1.54, 1.807) is 0 Å². The van der Waals surface area contributed by atoms with Crippen LogP contribution >= 0.6 is 0 Å². The highest BCUT2D eigenvalue weighted by atomic mass is 19.1. The number of hydrogen-bond donors (Lipinski definition) is 2. The van der Waals surface area contributed by atoms with Gasteiger partial charge in [-0.05, 0) is 6.92 Å². The SMILES string of the molecule is CC.C[C@H]1O[C@@H](O)[C@H](O)[C@H]1F. The van der Waals surface area contributed by atoms with Gasteiger partial charge in [0.2, 0.25) is 0 Å². The van der Waals surface area contributed by atoms with Gasteiger partial charge in [-0.25, -0.2) is 4.39 Å². The monoisotopic (exact) mass is 166 g/mol. The van der Waals surface area contributed by atoms with Gasteiger partial charge in [0.1, 0.15) is 6.10 Å². The van der Waals surface area contributed by atoms with E-state index in [2.05, 4.69) is 4.74 Å². The van der Waals surface area contributed by atoms with E-state index in [0.29, 0.717) is 0 Å². The number of ether oxygens (including phenoxy) is 1. The molecule has 0 aliphatic carbocycles. The van der Waals surface area contributed by atoms with Gasteiger partial charge in [-0.15, -0.1) is 0 Å². The molecule has 0 amide bonds. The third kappa shape index (κ3) is 2.39. The number of aliphatic hydroxyl groups excluding tert-OH is 2. The highest BCUT2D eigenvalue weighted by molar-refractivity contribution is 4.82. The summed E-state index contributed by atoms with van der Waals surface area (Å²) < 4.78 is 16.9. The van der Waals surface area contributed by atoms with Crippen molar-refractivity contribution in [3.63, 3.8) is 0 Å². The van der Waals surface area contributed by atoms with Crippen LogP contribution in [0.4, 0.5) is 4.39 Å². The number of aliphatic hydroxyl groups is 2. The lowest BCUT2D eigenvalue weighted by Crippen LogP contribution is -2.27. The lowest BCUT2D eigenvalue weighted by Gasteiger charge is -2.04. The number of alkyl halides is 1. The molecule has 68 valence electrons. The molecule has 0 bridgehead atoms. The summed E-state index contributed by atoms with van der Waals surface area (Å²) in [5.41, 5.74) is 0. The molecule has 1 saturated heterocycles. The van der Waals surface area contributed by atoms with Crippen LogP contribution in [0.2, 0.25) is 0 Å². The molecule has 0 aromatic rings. The minimum absolute atomic E-state index is 0.699. The quantitative estimate of drug-likeness (QED) is 0.549. The summed E-state index contributed by atoms with van der Waals surface area (Å²) in [6.45, 7) is 5.46. The second-order valence-electron chi connectivity index (χ2n) is 2.17. The van der Waals surface area contributed by atoms with Crippen molar-refractivity contribution in [2.75, 3.05) is 0 Å². The summed E-state index contributed by atoms with van der Waals surface area (Å²) in [4.78, 5) is 0. The summed E-state index contributed by atoms with van der Waals surface area (Å²) in [6, 6.07) is 0. The van der Waals surface area contributed by atoms with E-state index in [9.17, 15) is 4.39 Å². The highest BCUT2D eigenvalue weighted by Crippen LogP contribution is 2.21. The molecule has 0 aromatic carbocycles. The molecule has 1 heterocycles. The maximum Gasteiger partial charge on any atom is 0.184 e. The van der Waals surface area contributed by atoms with E-state index in [4.69, 9.17) is 10.2 Å². The van der Waals surface area contributed by atoms with Gasteiger partial charge in [0.15, 0.2) is 12.5 Å². The van der Waals surface area contributed by atoms with Gasteiger partial charge in [-0.3, -0.25) is 0 Å². The molecule has 0 radical (unpaired) electrons. The van der Waals surface area contributed by atoms with Gasteiger partial charge in [0.25, 0.3) is 0 Å². The van der Waals surface area contributed by atoms with Crippen LogP contribution < -0.4 is 0 Å². The number of rotatable bonds is 0. The summed E-state index contributed by atoms with van der Waals surface area (Å²) in [7, 11) is 0. The zero-order valence-electron chi connectivity index (χ0n) is 6.99. The lowest BCUT2D eigenvalue weighted by atomic mass is 10.2. The molecule has 1 fully saturated rings. The standard InChI is InChI=1S/C5H9FO3.C2H6/c1-2-3(6)4(7)5(8)9-2;1-2/h2-5,7-8H,1H3;1-2H3/t2-,3+,4-,5-;/m1./s1. The Hall–Kier alpha value is -0.190. The molecule has 0 unspecified atom stereocenters. The molecule has 11 heavy (non-hydrogen) atoms. The molecule has 0 saturated carbocycles. The van der Waals surface area contributed by atoms with Crippen LogP contribution in [0.3, 0.4) is 0 Å². The molecule has 1 aliphatic rings. The van der Waals surface area contributed by atoms with Crippen molar-refractivity contribution in [3.05, 3.63) is 0 Å². The van der Waals surface area contributed by atoms with E-state index >= 15 is 0 Å². The van der Waals surface area contributed by atoms with Gasteiger partial charge in [-0.2, -0.15) is 0 Å². The van der Waals surface area contributed by atoms with E-state index in [0.717, 1.165) is 0 Å². The van der Waals surface area contributed by atoms with Gasteiger partial charge < -0.3 is 14.9 Å². The molecule has 0 aromatic heterocycles. The number of hydrogen-bond acceptors (Lipinski definition) is 3. The Bertz CT molecular complexity index is 97.9. The molecule has 2 N–H and O–H groups in total. The van der Waals surface area contributed by atoms with Crippen molar-refractivity contribution in [1.29, 1.82) is 0 Å². The Balaban J connectivity index is 0.000000461. The van der Waals surface area contributed by atoms with E-state index in [1.807, 2.05) is 13.8 Å². The van der Waals surface area contributed by atoms with Crippen LogP contribution in [-0.4, -0.2) is 34.9 Å². The molecule has 4 atom stereocenters. The molecule has 1 aliphatic heterocycles. The second-order valence-corrected chi connectivity index (χ2v) is 2.17. The summed E-state index contributed by atoms with van der Waals surface area (Å²) in [6.07, 6.45) is -4.88. The third-order valence-electron chi connectivity index (χ3n) is 1.42. The smallest absolute Gasteiger partial charge is 0.184 e. The first kappa shape index (κ1) is 10.8. The molecular formula is C7H15FO3. The van der Waals surface area contributed by atoms with Crippen molar-refractivity contribution >= 4 is 0 Å². The maximum atomic E-state index is 12.4. The first-order valence-corrected chi connectivity index (χ1v) is 3.78. The maximum absolute atomic E-state index is 12.4. The number of halogens is 1. The predicted octanol–water partition coefficient (Wildman–Crippen LogP) is 0.449. The zero-order chi connectivity index (χ0) is 9.02. The fourth-order valence-electron chi connectivity index (χ4n) is 0.810. The van der Waals surface area contributed by atoms with Crippen LogP contribution in [-0.2, 0) is 4.74 Å². The molecular weight excluding hydrogens is 151 g/mol. The van der Waals surface area contributed by atoms with Gasteiger partial charge in [-0.1, -0.05) is 13.8 Å². The zero-order valence-corrected chi connectivity index (χ0v) is 6.99. The van der Waals surface area contributed by atoms with E-state index in [-0.39, 0.29) is 0 Å². The highest BCUT2D eigenvalue weighted by Gasteiger charge is 2.40. The van der Waals surface area contributed by atoms with Gasteiger partial charge >= 0.3 is 0 Å². The Morgan fingerprint density at radius 3 is 1.82 bits per heavy atom. The van der Waals surface area contributed by atoms with Crippen LogP contribution in [0.15, 0.2) is 0 Å². The predicted molar refractivity (Wildman–Crippen MR) is 38.8 cm³/mol. The fourth-order valence-corrected chi connectivity index (χ4v) is 0.810. The largest absolute Gasteiger partial charge is 0.385 e. The van der Waals surface area contributed by atoms with Crippen LogP contribution in [0.25, 0.3) is 0 Å². The average Bonchev–Trinajstić information content (AvgIpc) is 2.22. The normalized spacial score (nSPS) is 43.1. The van der Waals surface area contributed by atoms with Crippen molar-refractivity contribution < 1.29 is 19.3 Å². The van der Waals surface area contributed by atoms with E-state index < -0.39 is 24.7 Å². The third-order valence-corrected chi connectivity index (χ3v) is 1.42. The second kappa shape index (κ2) is 4.64. The first-order valence-electron chi connectivity index (χ1n) is 3.78. The topological polar surface area (TPSA) is 49.7 Å². The first-order chi connectivity index (χ1) is 5.13. The molecule has 4 heteroatoms. The minimum atomic E-state index is -1.46. The lowest BCUT2D eigenvalue weighted by molar-refractivity contribution is -0.123. The minimum Gasteiger partial charge on any atom is -0.385 e. The Morgan fingerprint density at radius 1 is 1.27 bits per heavy atom. The molecule has 0 spiro atoms. The summed E-state index contributed by atoms with van der Waals surface area (Å²) in [5, 5.41) is 17.3. The van der Waals surface area contributed by atoms with Crippen LogP contribution in [0, 0.1) is 0 Å². The summed E-state index contributed by atoms with van der Waals surface area (Å²) >= 11 is 0. The van der Waals surface area contributed by atoms with Crippen molar-refractivity contribution in [3.8, 4) is 0 Å². The van der Waals surface area contributed by atoms with Gasteiger partial charge in [0, 0.05) is 0 Å². The van der Waals surface area contributed by atoms with Crippen molar-refractivity contribution in [1.82, 2.24) is 0 Å². The van der Waals surface area contributed by atoms with Crippen LogP contribution in [0.1, 0.15) is 20.8 Å². The molecule has 3 nitrogen and oxygen atoms in total. The van der Waals surface area contributed by atoms with Crippen molar-refractivity contribution in [2.24, 2.45) is 0 Å².